The van der Waals surface area contributed by atoms with Gasteiger partial charge in [-0.2, -0.15) is 0 Å². The van der Waals surface area contributed by atoms with E-state index in [2.05, 4.69) is 5.32 Å². The summed E-state index contributed by atoms with van der Waals surface area (Å²) in [5.74, 6) is -1.50. The van der Waals surface area contributed by atoms with Crippen molar-refractivity contribution in [3.63, 3.8) is 0 Å². The Morgan fingerprint density at radius 2 is 1.87 bits per heavy atom. The van der Waals surface area contributed by atoms with E-state index in [0.29, 0.717) is 5.69 Å². The Bertz CT molecular complexity index is 749. The quantitative estimate of drug-likeness (QED) is 0.685. The van der Waals surface area contributed by atoms with Crippen molar-refractivity contribution in [2.45, 2.75) is 0 Å². The van der Waals surface area contributed by atoms with Crippen LogP contribution in [0.5, 0.6) is 0 Å². The molecule has 23 heavy (non-hydrogen) atoms. The molecule has 1 aromatic carbocycles. The van der Waals surface area contributed by atoms with Crippen molar-refractivity contribution in [3.8, 4) is 0 Å². The zero-order valence-electron chi connectivity index (χ0n) is 12.0. The predicted octanol–water partition coefficient (Wildman–Crippen LogP) is 1.90. The van der Waals surface area contributed by atoms with E-state index < -0.39 is 16.7 Å². The molecule has 8 nitrogen and oxygen atoms in total. The Morgan fingerprint density at radius 1 is 1.17 bits per heavy atom. The smallest absolute Gasteiger partial charge is 0.395 e. The molecule has 1 saturated heterocycles. The van der Waals surface area contributed by atoms with E-state index in [-0.39, 0.29) is 30.7 Å². The lowest BCUT2D eigenvalue weighted by atomic mass is 9.98. The fraction of sp³-hybridized carbons (Fsp3) is 0.200. The molecule has 0 spiro atoms. The first kappa shape index (κ1) is 14.8. The van der Waals surface area contributed by atoms with E-state index in [1.54, 1.807) is 12.1 Å². The van der Waals surface area contributed by atoms with Gasteiger partial charge in [-0.3, -0.25) is 19.7 Å². The van der Waals surface area contributed by atoms with Crippen molar-refractivity contribution in [2.75, 3.05) is 18.4 Å². The number of carbonyl (C=O) groups is 2. The van der Waals surface area contributed by atoms with Gasteiger partial charge in [0.05, 0.1) is 12.0 Å². The van der Waals surface area contributed by atoms with Crippen molar-refractivity contribution in [3.05, 3.63) is 58.3 Å². The van der Waals surface area contributed by atoms with Crippen molar-refractivity contribution in [2.24, 2.45) is 5.92 Å². The van der Waals surface area contributed by atoms with Gasteiger partial charge in [-0.15, -0.1) is 0 Å². The van der Waals surface area contributed by atoms with E-state index in [1.807, 2.05) is 18.2 Å². The van der Waals surface area contributed by atoms with Crippen LogP contribution in [0.15, 0.2) is 46.9 Å². The Labute approximate surface area is 130 Å². The molecule has 2 amide bonds. The van der Waals surface area contributed by atoms with Gasteiger partial charge in [0.2, 0.25) is 5.91 Å². The van der Waals surface area contributed by atoms with Gasteiger partial charge in [-0.05, 0) is 18.2 Å². The molecule has 0 saturated carbocycles. The number of anilines is 1. The van der Waals surface area contributed by atoms with Crippen molar-refractivity contribution >= 4 is 23.4 Å². The first-order valence-electron chi connectivity index (χ1n) is 6.94. The Balaban J connectivity index is 1.54. The van der Waals surface area contributed by atoms with Gasteiger partial charge in [0, 0.05) is 18.8 Å². The second-order valence-electron chi connectivity index (χ2n) is 5.16. The zero-order chi connectivity index (χ0) is 16.4. The molecule has 8 heteroatoms. The average Bonchev–Trinajstić information content (AvgIpc) is 2.96. The first-order valence-corrected chi connectivity index (χ1v) is 6.94. The third-order valence-corrected chi connectivity index (χ3v) is 3.56. The summed E-state index contributed by atoms with van der Waals surface area (Å²) in [6.07, 6.45) is 0. The zero-order valence-corrected chi connectivity index (χ0v) is 12.0. The van der Waals surface area contributed by atoms with Gasteiger partial charge in [0.15, 0.2) is 5.76 Å². The van der Waals surface area contributed by atoms with Crippen LogP contribution in [0.1, 0.15) is 10.6 Å². The standard InChI is InChI=1S/C15H13N3O5/c19-14(16-11-4-2-1-3-5-11)10-8-17(9-10)15(20)12-6-7-13(23-12)18(21)22/h1-7,10H,8-9H2,(H,16,19). The maximum Gasteiger partial charge on any atom is 0.433 e. The fourth-order valence-corrected chi connectivity index (χ4v) is 2.27. The van der Waals surface area contributed by atoms with Crippen LogP contribution in [0.2, 0.25) is 0 Å². The molecular formula is C15H13N3O5. The minimum atomic E-state index is -0.705. The van der Waals surface area contributed by atoms with Gasteiger partial charge in [0.1, 0.15) is 4.92 Å². The molecule has 1 aliphatic heterocycles. The molecule has 1 N–H and O–H groups in total. The maximum absolute atomic E-state index is 12.1. The third kappa shape index (κ3) is 3.05. The summed E-state index contributed by atoms with van der Waals surface area (Å²) in [6, 6.07) is 11.4. The van der Waals surface area contributed by atoms with Crippen molar-refractivity contribution < 1.29 is 18.9 Å². The summed E-state index contributed by atoms with van der Waals surface area (Å²) >= 11 is 0. The molecule has 0 aliphatic carbocycles. The van der Waals surface area contributed by atoms with Gasteiger partial charge < -0.3 is 14.6 Å². The van der Waals surface area contributed by atoms with Crippen LogP contribution in [0.4, 0.5) is 11.6 Å². The lowest BCUT2D eigenvalue weighted by Gasteiger charge is -2.37. The van der Waals surface area contributed by atoms with E-state index in [0.717, 1.165) is 6.07 Å². The second kappa shape index (κ2) is 5.91. The minimum Gasteiger partial charge on any atom is -0.395 e. The number of hydrogen-bond acceptors (Lipinski definition) is 5. The van der Waals surface area contributed by atoms with Crippen LogP contribution in [-0.4, -0.2) is 34.7 Å². The molecule has 118 valence electrons. The van der Waals surface area contributed by atoms with Crippen LogP contribution in [0, 0.1) is 16.0 Å². The highest BCUT2D eigenvalue weighted by Gasteiger charge is 2.37. The van der Waals surface area contributed by atoms with Crippen LogP contribution < -0.4 is 5.32 Å². The number of nitrogens with one attached hydrogen (secondary N) is 1. The Hall–Kier alpha value is -3.16. The Morgan fingerprint density at radius 3 is 2.48 bits per heavy atom. The lowest BCUT2D eigenvalue weighted by Crippen LogP contribution is -2.54. The van der Waals surface area contributed by atoms with Gasteiger partial charge >= 0.3 is 5.88 Å². The van der Waals surface area contributed by atoms with Gasteiger partial charge in [-0.25, -0.2) is 0 Å². The molecule has 1 aliphatic rings. The summed E-state index contributed by atoms with van der Waals surface area (Å²) in [4.78, 5) is 35.3. The van der Waals surface area contributed by atoms with E-state index in [4.69, 9.17) is 4.42 Å². The summed E-state index contributed by atoms with van der Waals surface area (Å²) in [6.45, 7) is 0.512. The van der Waals surface area contributed by atoms with Crippen LogP contribution >= 0.6 is 0 Å². The van der Waals surface area contributed by atoms with Crippen molar-refractivity contribution in [1.82, 2.24) is 4.90 Å². The number of para-hydroxylation sites is 1. The molecule has 1 fully saturated rings. The van der Waals surface area contributed by atoms with E-state index in [9.17, 15) is 19.7 Å². The first-order chi connectivity index (χ1) is 11.0. The number of rotatable bonds is 4. The fourth-order valence-electron chi connectivity index (χ4n) is 2.27. The summed E-state index contributed by atoms with van der Waals surface area (Å²) in [7, 11) is 0. The number of carbonyl (C=O) groups excluding carboxylic acids is 2. The molecule has 0 unspecified atom stereocenters. The molecule has 0 radical (unpaired) electrons. The lowest BCUT2D eigenvalue weighted by molar-refractivity contribution is -0.402. The molecule has 3 rings (SSSR count). The van der Waals surface area contributed by atoms with Crippen LogP contribution in [-0.2, 0) is 4.79 Å². The highest BCUT2D eigenvalue weighted by atomic mass is 16.6. The molecule has 2 heterocycles. The molecule has 1 aromatic heterocycles. The number of furan rings is 1. The topological polar surface area (TPSA) is 106 Å². The van der Waals surface area contributed by atoms with E-state index >= 15 is 0 Å². The van der Waals surface area contributed by atoms with Crippen LogP contribution in [0.3, 0.4) is 0 Å². The number of hydrogen-bond donors (Lipinski definition) is 1. The number of nitrogens with zero attached hydrogens (tertiary/aromatic N) is 2. The SMILES string of the molecule is O=C(Nc1ccccc1)C1CN(C(=O)c2ccc([N+](=O)[O-])o2)C1. The van der Waals surface area contributed by atoms with Crippen LogP contribution in [0.25, 0.3) is 0 Å². The summed E-state index contributed by atoms with van der Waals surface area (Å²) in [5, 5.41) is 13.3. The minimum absolute atomic E-state index is 0.0985. The van der Waals surface area contributed by atoms with Gasteiger partial charge in [-0.1, -0.05) is 18.2 Å². The second-order valence-corrected chi connectivity index (χ2v) is 5.16. The number of benzene rings is 1. The van der Waals surface area contributed by atoms with E-state index in [1.165, 1.54) is 11.0 Å². The average molecular weight is 315 g/mol. The maximum atomic E-state index is 12.1. The third-order valence-electron chi connectivity index (χ3n) is 3.56. The molecule has 2 aromatic rings. The number of likely N-dealkylation sites (tertiary alicyclic amines) is 1. The number of amides is 2. The molecular weight excluding hydrogens is 302 g/mol. The monoisotopic (exact) mass is 315 g/mol. The largest absolute Gasteiger partial charge is 0.433 e. The Kier molecular flexibility index (Phi) is 3.80. The van der Waals surface area contributed by atoms with Crippen molar-refractivity contribution in [1.29, 1.82) is 0 Å². The predicted molar refractivity (Wildman–Crippen MR) is 79.8 cm³/mol. The normalized spacial score (nSPS) is 14.2. The number of nitro groups is 1. The molecule has 0 bridgehead atoms. The highest BCUT2D eigenvalue weighted by Crippen LogP contribution is 2.23. The highest BCUT2D eigenvalue weighted by molar-refractivity contribution is 5.97. The molecule has 0 atom stereocenters. The van der Waals surface area contributed by atoms with Gasteiger partial charge in [0.25, 0.3) is 5.91 Å². The summed E-state index contributed by atoms with van der Waals surface area (Å²) in [5.41, 5.74) is 0.698. The summed E-state index contributed by atoms with van der Waals surface area (Å²) < 4.78 is 4.86.